The van der Waals surface area contributed by atoms with E-state index >= 15 is 0 Å². The number of carbonyl (C=O) groups is 1. The summed E-state index contributed by atoms with van der Waals surface area (Å²) in [6.07, 6.45) is 1.46. The molecule has 0 aliphatic rings. The molecule has 0 fully saturated rings. The monoisotopic (exact) mass is 339 g/mol. The average Bonchev–Trinajstić information content (AvgIpc) is 2.63. The van der Waals surface area contributed by atoms with Crippen LogP contribution in [0.5, 0.6) is 0 Å². The molecule has 0 amide bonds. The first kappa shape index (κ1) is 15.8. The molecule has 0 aliphatic heterocycles. The normalized spacial score (nSPS) is 11.0. The van der Waals surface area contributed by atoms with Gasteiger partial charge in [-0.1, -0.05) is 30.3 Å². The zero-order valence-corrected chi connectivity index (χ0v) is 13.3. The number of sulfonamides is 1. The summed E-state index contributed by atoms with van der Waals surface area (Å²) in [5.41, 5.74) is 0.540. The van der Waals surface area contributed by atoms with Crippen LogP contribution in [0.3, 0.4) is 0 Å². The first-order valence-electron chi connectivity index (χ1n) is 7.07. The second kappa shape index (κ2) is 6.59. The number of carbonyl (C=O) groups excluding carboxylic acids is 1. The molecule has 2 aromatic carbocycles. The van der Waals surface area contributed by atoms with Crippen LogP contribution in [0.1, 0.15) is 16.1 Å². The van der Waals surface area contributed by atoms with Gasteiger partial charge in [-0.2, -0.15) is 5.10 Å². The quantitative estimate of drug-likeness (QED) is 0.722. The molecule has 1 aromatic heterocycles. The van der Waals surface area contributed by atoms with Crippen LogP contribution < -0.4 is 4.72 Å². The van der Waals surface area contributed by atoms with Gasteiger partial charge in [0.1, 0.15) is 5.69 Å². The summed E-state index contributed by atoms with van der Waals surface area (Å²) in [7, 11) is -3.79. The van der Waals surface area contributed by atoms with E-state index in [1.54, 1.807) is 42.5 Å². The Kier molecular flexibility index (Phi) is 4.35. The first-order chi connectivity index (χ1) is 11.6. The van der Waals surface area contributed by atoms with Gasteiger partial charge in [0.15, 0.2) is 0 Å². The van der Waals surface area contributed by atoms with E-state index in [0.717, 1.165) is 0 Å². The third kappa shape index (κ3) is 3.31. The zero-order valence-electron chi connectivity index (χ0n) is 12.5. The van der Waals surface area contributed by atoms with Gasteiger partial charge in [-0.3, -0.25) is 9.52 Å². The molecule has 0 spiro atoms. The minimum atomic E-state index is -3.79. The summed E-state index contributed by atoms with van der Waals surface area (Å²) in [4.78, 5) is 12.7. The fraction of sp³-hybridized carbons (Fsp3) is 0. The Hall–Kier alpha value is -3.06. The topological polar surface area (TPSA) is 89.0 Å². The molecule has 7 heteroatoms. The van der Waals surface area contributed by atoms with Crippen LogP contribution >= 0.6 is 0 Å². The smallest absolute Gasteiger partial charge is 0.261 e. The number of anilines is 1. The fourth-order valence-electron chi connectivity index (χ4n) is 2.13. The zero-order chi connectivity index (χ0) is 17.0. The van der Waals surface area contributed by atoms with Crippen LogP contribution in [-0.2, 0) is 10.0 Å². The molecule has 0 saturated heterocycles. The fourth-order valence-corrected chi connectivity index (χ4v) is 3.23. The summed E-state index contributed by atoms with van der Waals surface area (Å²) in [5, 5.41) is 7.45. The average molecular weight is 339 g/mol. The van der Waals surface area contributed by atoms with Crippen molar-refractivity contribution in [2.24, 2.45) is 0 Å². The lowest BCUT2D eigenvalue weighted by atomic mass is 10.1. The SMILES string of the molecule is O=C(c1cccnn1)c1ccccc1NS(=O)(=O)c1ccccc1. The van der Waals surface area contributed by atoms with Crippen molar-refractivity contribution in [2.45, 2.75) is 4.90 Å². The number of benzene rings is 2. The lowest BCUT2D eigenvalue weighted by Gasteiger charge is -2.11. The van der Waals surface area contributed by atoms with Gasteiger partial charge in [0, 0.05) is 11.8 Å². The van der Waals surface area contributed by atoms with Crippen LogP contribution in [0.25, 0.3) is 0 Å². The van der Waals surface area contributed by atoms with Crippen molar-refractivity contribution in [3.63, 3.8) is 0 Å². The summed E-state index contributed by atoms with van der Waals surface area (Å²) >= 11 is 0. The van der Waals surface area contributed by atoms with E-state index in [0.29, 0.717) is 0 Å². The molecule has 0 atom stereocenters. The summed E-state index contributed by atoms with van der Waals surface area (Å²) < 4.78 is 27.4. The Balaban J connectivity index is 1.97. The maximum absolute atomic E-state index is 12.6. The van der Waals surface area contributed by atoms with Gasteiger partial charge < -0.3 is 0 Å². The van der Waals surface area contributed by atoms with E-state index < -0.39 is 15.8 Å². The van der Waals surface area contributed by atoms with Crippen LogP contribution in [0.4, 0.5) is 5.69 Å². The molecule has 0 unspecified atom stereocenters. The van der Waals surface area contributed by atoms with Gasteiger partial charge in [0.25, 0.3) is 10.0 Å². The molecule has 120 valence electrons. The second-order valence-electron chi connectivity index (χ2n) is 4.90. The molecule has 6 nitrogen and oxygen atoms in total. The molecule has 1 heterocycles. The van der Waals surface area contributed by atoms with Crippen molar-refractivity contribution in [1.29, 1.82) is 0 Å². The van der Waals surface area contributed by atoms with E-state index in [9.17, 15) is 13.2 Å². The number of aromatic nitrogens is 2. The molecule has 24 heavy (non-hydrogen) atoms. The molecule has 1 N–H and O–H groups in total. The highest BCUT2D eigenvalue weighted by Gasteiger charge is 2.19. The molecule has 3 aromatic rings. The minimum Gasteiger partial charge on any atom is -0.287 e. The highest BCUT2D eigenvalue weighted by Crippen LogP contribution is 2.22. The van der Waals surface area contributed by atoms with E-state index in [-0.39, 0.29) is 21.8 Å². The van der Waals surface area contributed by atoms with Crippen molar-refractivity contribution < 1.29 is 13.2 Å². The van der Waals surface area contributed by atoms with Gasteiger partial charge in [0.05, 0.1) is 10.6 Å². The summed E-state index contributed by atoms with van der Waals surface area (Å²) in [6, 6.07) is 17.4. The van der Waals surface area contributed by atoms with Crippen molar-refractivity contribution >= 4 is 21.5 Å². The summed E-state index contributed by atoms with van der Waals surface area (Å²) in [6.45, 7) is 0. The largest absolute Gasteiger partial charge is 0.287 e. The van der Waals surface area contributed by atoms with Gasteiger partial charge in [0.2, 0.25) is 5.78 Å². The Morgan fingerprint density at radius 3 is 2.29 bits per heavy atom. The summed E-state index contributed by atoms with van der Waals surface area (Å²) in [5.74, 6) is -0.408. The Morgan fingerprint density at radius 1 is 0.875 bits per heavy atom. The Labute approximate surface area is 139 Å². The Bertz CT molecular complexity index is 959. The van der Waals surface area contributed by atoms with Gasteiger partial charge in [-0.05, 0) is 36.4 Å². The minimum absolute atomic E-state index is 0.117. The van der Waals surface area contributed by atoms with E-state index in [1.165, 1.54) is 30.5 Å². The van der Waals surface area contributed by atoms with Crippen LogP contribution in [-0.4, -0.2) is 24.4 Å². The molecule has 0 aliphatic carbocycles. The number of ketones is 1. The molecular formula is C17H13N3O3S. The molecule has 0 bridgehead atoms. The highest BCUT2D eigenvalue weighted by molar-refractivity contribution is 7.92. The van der Waals surface area contributed by atoms with Crippen molar-refractivity contribution in [3.05, 3.63) is 84.2 Å². The van der Waals surface area contributed by atoms with E-state index in [2.05, 4.69) is 14.9 Å². The third-order valence-electron chi connectivity index (χ3n) is 3.27. The number of hydrogen-bond acceptors (Lipinski definition) is 5. The Morgan fingerprint density at radius 2 is 1.58 bits per heavy atom. The maximum atomic E-state index is 12.6. The van der Waals surface area contributed by atoms with E-state index in [4.69, 9.17) is 0 Å². The number of para-hydroxylation sites is 1. The van der Waals surface area contributed by atoms with Crippen LogP contribution in [0, 0.1) is 0 Å². The molecule has 0 saturated carbocycles. The number of hydrogen-bond donors (Lipinski definition) is 1. The number of nitrogens with zero attached hydrogens (tertiary/aromatic N) is 2. The van der Waals surface area contributed by atoms with Crippen LogP contribution in [0.2, 0.25) is 0 Å². The standard InChI is InChI=1S/C17H13N3O3S/c21-17(16-11-6-12-18-19-16)14-9-4-5-10-15(14)20-24(22,23)13-7-2-1-3-8-13/h1-12,20H. The maximum Gasteiger partial charge on any atom is 0.261 e. The predicted molar refractivity (Wildman–Crippen MR) is 89.2 cm³/mol. The van der Waals surface area contributed by atoms with E-state index in [1.807, 2.05) is 0 Å². The number of rotatable bonds is 5. The highest BCUT2D eigenvalue weighted by atomic mass is 32.2. The van der Waals surface area contributed by atoms with Crippen molar-refractivity contribution in [1.82, 2.24) is 10.2 Å². The van der Waals surface area contributed by atoms with Crippen LogP contribution in [0.15, 0.2) is 77.8 Å². The van der Waals surface area contributed by atoms with Crippen molar-refractivity contribution in [2.75, 3.05) is 4.72 Å². The molecule has 0 radical (unpaired) electrons. The second-order valence-corrected chi connectivity index (χ2v) is 6.58. The molecule has 3 rings (SSSR count). The van der Waals surface area contributed by atoms with Crippen molar-refractivity contribution in [3.8, 4) is 0 Å². The lowest BCUT2D eigenvalue weighted by molar-refractivity contribution is 0.103. The molecular weight excluding hydrogens is 326 g/mol. The predicted octanol–water partition coefficient (Wildman–Crippen LogP) is 2.51. The van der Waals surface area contributed by atoms with Gasteiger partial charge in [-0.25, -0.2) is 8.42 Å². The van der Waals surface area contributed by atoms with Gasteiger partial charge in [-0.15, -0.1) is 5.10 Å². The lowest BCUT2D eigenvalue weighted by Crippen LogP contribution is -2.16. The third-order valence-corrected chi connectivity index (χ3v) is 4.66. The first-order valence-corrected chi connectivity index (χ1v) is 8.55. The number of nitrogens with one attached hydrogen (secondary N) is 1. The van der Waals surface area contributed by atoms with Gasteiger partial charge >= 0.3 is 0 Å².